The minimum Gasteiger partial charge on any atom is -0.484 e. The Kier molecular flexibility index (Phi) is 5.05. The number of aromatic nitrogens is 2. The van der Waals surface area contributed by atoms with Crippen molar-refractivity contribution in [2.75, 3.05) is 0 Å². The Balaban J connectivity index is 2.15. The molecule has 0 N–H and O–H groups in total. The van der Waals surface area contributed by atoms with E-state index in [9.17, 15) is 4.39 Å². The minimum absolute atomic E-state index is 0.213. The summed E-state index contributed by atoms with van der Waals surface area (Å²) in [5.41, 5.74) is 2.57. The van der Waals surface area contributed by atoms with E-state index in [1.165, 1.54) is 6.07 Å². The molecule has 0 fully saturated rings. The molecule has 0 bridgehead atoms. The van der Waals surface area contributed by atoms with E-state index in [-0.39, 0.29) is 18.2 Å². The Bertz CT molecular complexity index is 615. The van der Waals surface area contributed by atoms with Crippen LogP contribution in [0, 0.1) is 5.82 Å². The number of aryl methyl sites for hydroxylation is 2. The van der Waals surface area contributed by atoms with Crippen molar-refractivity contribution in [2.45, 2.75) is 25.8 Å². The van der Waals surface area contributed by atoms with E-state index in [0.29, 0.717) is 0 Å². The van der Waals surface area contributed by atoms with Crippen molar-refractivity contribution in [3.63, 3.8) is 0 Å². The standard InChI is InChI=1S/C14H15BrClFN2O/c1-3-11-14(15)12(19(2)18-11)8-20-13-5-4-9(7-16)6-10(13)17/h4-6H,3,7-8H2,1-2H3. The lowest BCUT2D eigenvalue weighted by Crippen LogP contribution is -2.04. The van der Waals surface area contributed by atoms with Crippen LogP contribution in [-0.2, 0) is 26.0 Å². The molecular formula is C14H15BrClFN2O. The van der Waals surface area contributed by atoms with Crippen LogP contribution in [0.2, 0.25) is 0 Å². The van der Waals surface area contributed by atoms with Crippen molar-refractivity contribution in [3.05, 3.63) is 45.4 Å². The van der Waals surface area contributed by atoms with Crippen LogP contribution in [0.15, 0.2) is 22.7 Å². The maximum atomic E-state index is 13.8. The van der Waals surface area contributed by atoms with Crippen LogP contribution in [0.5, 0.6) is 5.75 Å². The molecule has 2 rings (SSSR count). The van der Waals surface area contributed by atoms with E-state index in [0.717, 1.165) is 27.8 Å². The third-order valence-corrected chi connectivity index (χ3v) is 4.24. The quantitative estimate of drug-likeness (QED) is 0.746. The molecule has 0 radical (unpaired) electrons. The van der Waals surface area contributed by atoms with Crippen LogP contribution in [0.25, 0.3) is 0 Å². The van der Waals surface area contributed by atoms with Gasteiger partial charge in [-0.3, -0.25) is 4.68 Å². The molecule has 0 atom stereocenters. The highest BCUT2D eigenvalue weighted by Gasteiger charge is 2.14. The molecule has 0 unspecified atom stereocenters. The highest BCUT2D eigenvalue weighted by atomic mass is 79.9. The summed E-state index contributed by atoms with van der Waals surface area (Å²) in [6.07, 6.45) is 0.827. The van der Waals surface area contributed by atoms with Gasteiger partial charge < -0.3 is 4.74 Å². The molecule has 1 aromatic carbocycles. The number of ether oxygens (including phenoxy) is 1. The number of halogens is 3. The number of hydrogen-bond acceptors (Lipinski definition) is 2. The fourth-order valence-electron chi connectivity index (χ4n) is 1.87. The normalized spacial score (nSPS) is 10.8. The average molecular weight is 362 g/mol. The molecule has 0 aliphatic heterocycles. The minimum atomic E-state index is -0.405. The summed E-state index contributed by atoms with van der Waals surface area (Å²) in [4.78, 5) is 0. The van der Waals surface area contributed by atoms with Gasteiger partial charge in [0.2, 0.25) is 0 Å². The van der Waals surface area contributed by atoms with Gasteiger partial charge in [0.15, 0.2) is 11.6 Å². The Morgan fingerprint density at radius 2 is 2.20 bits per heavy atom. The van der Waals surface area contributed by atoms with E-state index in [1.807, 2.05) is 14.0 Å². The van der Waals surface area contributed by atoms with E-state index in [1.54, 1.807) is 16.8 Å². The largest absolute Gasteiger partial charge is 0.484 e. The fraction of sp³-hybridized carbons (Fsp3) is 0.357. The summed E-state index contributed by atoms with van der Waals surface area (Å²) in [6.45, 7) is 2.28. The van der Waals surface area contributed by atoms with Gasteiger partial charge in [0.05, 0.1) is 15.9 Å². The monoisotopic (exact) mass is 360 g/mol. The summed E-state index contributed by atoms with van der Waals surface area (Å²) in [6, 6.07) is 4.73. The van der Waals surface area contributed by atoms with Gasteiger partial charge in [-0.05, 0) is 40.0 Å². The molecular weight excluding hydrogens is 347 g/mol. The van der Waals surface area contributed by atoms with Crippen LogP contribution < -0.4 is 4.74 Å². The zero-order valence-corrected chi connectivity index (χ0v) is 13.6. The molecule has 1 heterocycles. The molecule has 0 aliphatic rings. The zero-order valence-electron chi connectivity index (χ0n) is 11.3. The van der Waals surface area contributed by atoms with Crippen LogP contribution in [0.1, 0.15) is 23.9 Å². The number of rotatable bonds is 5. The Hall–Kier alpha value is -1.07. The van der Waals surface area contributed by atoms with Crippen LogP contribution in [0.3, 0.4) is 0 Å². The van der Waals surface area contributed by atoms with Crippen molar-refractivity contribution in [1.29, 1.82) is 0 Å². The van der Waals surface area contributed by atoms with E-state index in [2.05, 4.69) is 21.0 Å². The number of alkyl halides is 1. The summed E-state index contributed by atoms with van der Waals surface area (Å²) in [7, 11) is 1.84. The molecule has 1 aromatic heterocycles. The first-order chi connectivity index (χ1) is 9.56. The SMILES string of the molecule is CCc1nn(C)c(COc2ccc(CCl)cc2F)c1Br. The van der Waals surface area contributed by atoms with Crippen molar-refractivity contribution in [1.82, 2.24) is 9.78 Å². The van der Waals surface area contributed by atoms with Crippen molar-refractivity contribution in [3.8, 4) is 5.75 Å². The summed E-state index contributed by atoms with van der Waals surface area (Å²) >= 11 is 9.16. The summed E-state index contributed by atoms with van der Waals surface area (Å²) < 4.78 is 22.0. The van der Waals surface area contributed by atoms with Crippen LogP contribution in [0.4, 0.5) is 4.39 Å². The molecule has 0 amide bonds. The molecule has 0 spiro atoms. The molecule has 20 heavy (non-hydrogen) atoms. The van der Waals surface area contributed by atoms with Crippen molar-refractivity contribution < 1.29 is 9.13 Å². The lowest BCUT2D eigenvalue weighted by molar-refractivity contribution is 0.279. The highest BCUT2D eigenvalue weighted by molar-refractivity contribution is 9.10. The Morgan fingerprint density at radius 1 is 1.45 bits per heavy atom. The topological polar surface area (TPSA) is 27.1 Å². The first-order valence-electron chi connectivity index (χ1n) is 6.24. The first-order valence-corrected chi connectivity index (χ1v) is 7.57. The Morgan fingerprint density at radius 3 is 2.75 bits per heavy atom. The smallest absolute Gasteiger partial charge is 0.165 e. The molecule has 6 heteroatoms. The molecule has 0 saturated carbocycles. The molecule has 0 aliphatic carbocycles. The second-order valence-electron chi connectivity index (χ2n) is 4.37. The maximum absolute atomic E-state index is 13.8. The second-order valence-corrected chi connectivity index (χ2v) is 5.43. The Labute approximate surface area is 130 Å². The van der Waals surface area contributed by atoms with E-state index in [4.69, 9.17) is 16.3 Å². The summed E-state index contributed by atoms with van der Waals surface area (Å²) in [5, 5.41) is 4.37. The number of hydrogen-bond donors (Lipinski definition) is 0. The second kappa shape index (κ2) is 6.59. The van der Waals surface area contributed by atoms with Gasteiger partial charge in [0, 0.05) is 12.9 Å². The lowest BCUT2D eigenvalue weighted by Gasteiger charge is -2.09. The van der Waals surface area contributed by atoms with Crippen molar-refractivity contribution >= 4 is 27.5 Å². The number of benzene rings is 1. The van der Waals surface area contributed by atoms with Crippen LogP contribution >= 0.6 is 27.5 Å². The zero-order chi connectivity index (χ0) is 14.7. The first kappa shape index (κ1) is 15.3. The molecule has 108 valence electrons. The van der Waals surface area contributed by atoms with Gasteiger partial charge in [-0.15, -0.1) is 11.6 Å². The predicted octanol–water partition coefficient (Wildman–Crippen LogP) is 4.20. The third-order valence-electron chi connectivity index (χ3n) is 3.02. The average Bonchev–Trinajstić information content (AvgIpc) is 2.72. The van der Waals surface area contributed by atoms with E-state index < -0.39 is 5.82 Å². The van der Waals surface area contributed by atoms with Gasteiger partial charge in [0.25, 0.3) is 0 Å². The molecule has 0 saturated heterocycles. The fourth-order valence-corrected chi connectivity index (χ4v) is 2.76. The van der Waals surface area contributed by atoms with Gasteiger partial charge in [-0.25, -0.2) is 4.39 Å². The van der Waals surface area contributed by atoms with E-state index >= 15 is 0 Å². The highest BCUT2D eigenvalue weighted by Crippen LogP contribution is 2.25. The van der Waals surface area contributed by atoms with Gasteiger partial charge in [-0.2, -0.15) is 5.10 Å². The third kappa shape index (κ3) is 3.15. The molecule has 2 aromatic rings. The predicted molar refractivity (Wildman–Crippen MR) is 80.6 cm³/mol. The summed E-state index contributed by atoms with van der Waals surface area (Å²) in [5.74, 6) is 0.0896. The van der Waals surface area contributed by atoms with Crippen molar-refractivity contribution in [2.24, 2.45) is 7.05 Å². The number of nitrogens with zero attached hydrogens (tertiary/aromatic N) is 2. The van der Waals surface area contributed by atoms with Gasteiger partial charge >= 0.3 is 0 Å². The maximum Gasteiger partial charge on any atom is 0.165 e. The van der Waals surface area contributed by atoms with Crippen LogP contribution in [-0.4, -0.2) is 9.78 Å². The van der Waals surface area contributed by atoms with Gasteiger partial charge in [-0.1, -0.05) is 13.0 Å². The lowest BCUT2D eigenvalue weighted by atomic mass is 10.2. The van der Waals surface area contributed by atoms with Gasteiger partial charge in [0.1, 0.15) is 6.61 Å². The molecule has 3 nitrogen and oxygen atoms in total.